The Morgan fingerprint density at radius 2 is 2.26 bits per heavy atom. The standard InChI is InChI=1S/C11H14ClN3O4/c1-6(2)3-8(11(16)17)14-10-9(15(18)19)4-7(12)5-13-10/h4-6,8H,3H2,1-2H3,(H,13,14)(H,16,17)/t8-/m1/s1. The highest BCUT2D eigenvalue weighted by molar-refractivity contribution is 6.30. The predicted molar refractivity (Wildman–Crippen MR) is 70.4 cm³/mol. The van der Waals surface area contributed by atoms with Gasteiger partial charge in [-0.05, 0) is 12.3 Å². The molecule has 0 aliphatic carbocycles. The minimum absolute atomic E-state index is 0.0950. The fourth-order valence-electron chi connectivity index (χ4n) is 1.54. The maximum absolute atomic E-state index is 11.1. The van der Waals surface area contributed by atoms with E-state index >= 15 is 0 Å². The zero-order valence-corrected chi connectivity index (χ0v) is 11.2. The van der Waals surface area contributed by atoms with Crippen molar-refractivity contribution < 1.29 is 14.8 Å². The molecular weight excluding hydrogens is 274 g/mol. The molecule has 7 nitrogen and oxygen atoms in total. The van der Waals surface area contributed by atoms with E-state index in [1.165, 1.54) is 6.20 Å². The Kier molecular flexibility index (Phi) is 5.05. The summed E-state index contributed by atoms with van der Waals surface area (Å²) >= 11 is 5.63. The fourth-order valence-corrected chi connectivity index (χ4v) is 1.69. The van der Waals surface area contributed by atoms with Crippen molar-refractivity contribution in [3.63, 3.8) is 0 Å². The van der Waals surface area contributed by atoms with E-state index < -0.39 is 16.9 Å². The molecule has 0 saturated carbocycles. The molecule has 0 radical (unpaired) electrons. The predicted octanol–water partition coefficient (Wildman–Crippen LogP) is 2.55. The highest BCUT2D eigenvalue weighted by Crippen LogP contribution is 2.26. The number of pyridine rings is 1. The molecule has 0 aromatic carbocycles. The number of carboxylic acid groups (broad SMARTS) is 1. The smallest absolute Gasteiger partial charge is 0.326 e. The number of anilines is 1. The Bertz CT molecular complexity index is 493. The highest BCUT2D eigenvalue weighted by atomic mass is 35.5. The third-order valence-corrected chi connectivity index (χ3v) is 2.55. The molecule has 1 aromatic heterocycles. The van der Waals surface area contributed by atoms with E-state index in [9.17, 15) is 14.9 Å². The summed E-state index contributed by atoms with van der Waals surface area (Å²) < 4.78 is 0. The number of nitro groups is 1. The molecule has 8 heteroatoms. The van der Waals surface area contributed by atoms with E-state index in [2.05, 4.69) is 10.3 Å². The highest BCUT2D eigenvalue weighted by Gasteiger charge is 2.24. The third kappa shape index (κ3) is 4.36. The second kappa shape index (κ2) is 6.33. The van der Waals surface area contributed by atoms with Gasteiger partial charge in [-0.3, -0.25) is 10.1 Å². The van der Waals surface area contributed by atoms with Crippen LogP contribution in [-0.4, -0.2) is 27.0 Å². The summed E-state index contributed by atoms with van der Waals surface area (Å²) in [5.74, 6) is -1.05. The van der Waals surface area contributed by atoms with Crippen molar-refractivity contribution in [3.8, 4) is 0 Å². The Labute approximate surface area is 114 Å². The van der Waals surface area contributed by atoms with Crippen molar-refractivity contribution in [2.75, 3.05) is 5.32 Å². The summed E-state index contributed by atoms with van der Waals surface area (Å²) in [5, 5.41) is 22.6. The lowest BCUT2D eigenvalue weighted by Crippen LogP contribution is -2.31. The van der Waals surface area contributed by atoms with E-state index in [0.717, 1.165) is 6.07 Å². The zero-order chi connectivity index (χ0) is 14.6. The van der Waals surface area contributed by atoms with Gasteiger partial charge in [-0.1, -0.05) is 25.4 Å². The number of carbonyl (C=O) groups is 1. The van der Waals surface area contributed by atoms with Gasteiger partial charge in [-0.15, -0.1) is 0 Å². The van der Waals surface area contributed by atoms with E-state index in [4.69, 9.17) is 16.7 Å². The molecule has 104 valence electrons. The maximum Gasteiger partial charge on any atom is 0.326 e. The number of nitrogens with one attached hydrogen (secondary N) is 1. The minimum Gasteiger partial charge on any atom is -0.480 e. The molecule has 0 aliphatic heterocycles. The number of hydrogen-bond donors (Lipinski definition) is 2. The number of halogens is 1. The van der Waals surface area contributed by atoms with Crippen LogP contribution in [0.1, 0.15) is 20.3 Å². The molecule has 0 unspecified atom stereocenters. The third-order valence-electron chi connectivity index (χ3n) is 2.35. The van der Waals surface area contributed by atoms with Gasteiger partial charge in [0.25, 0.3) is 0 Å². The van der Waals surface area contributed by atoms with Crippen LogP contribution in [0.25, 0.3) is 0 Å². The van der Waals surface area contributed by atoms with Crippen LogP contribution in [0.15, 0.2) is 12.3 Å². The molecular formula is C11H14ClN3O4. The van der Waals surface area contributed by atoms with E-state index in [0.29, 0.717) is 6.42 Å². The number of carboxylic acids is 1. The molecule has 1 aromatic rings. The topological polar surface area (TPSA) is 105 Å². The number of aliphatic carboxylic acids is 1. The van der Waals surface area contributed by atoms with E-state index in [1.54, 1.807) is 0 Å². The molecule has 1 rings (SSSR count). The first-order valence-electron chi connectivity index (χ1n) is 5.60. The van der Waals surface area contributed by atoms with Crippen LogP contribution < -0.4 is 5.32 Å². The fraction of sp³-hybridized carbons (Fsp3) is 0.455. The lowest BCUT2D eigenvalue weighted by atomic mass is 10.0. The first kappa shape index (κ1) is 15.2. The average molecular weight is 288 g/mol. The average Bonchev–Trinajstić information content (AvgIpc) is 2.29. The van der Waals surface area contributed by atoms with Gasteiger partial charge in [0, 0.05) is 12.3 Å². The number of rotatable bonds is 6. The van der Waals surface area contributed by atoms with Gasteiger partial charge >= 0.3 is 11.7 Å². The van der Waals surface area contributed by atoms with E-state index in [1.807, 2.05) is 13.8 Å². The second-order valence-corrected chi connectivity index (χ2v) is 4.88. The van der Waals surface area contributed by atoms with E-state index in [-0.39, 0.29) is 22.4 Å². The monoisotopic (exact) mass is 287 g/mol. The quantitative estimate of drug-likeness (QED) is 0.615. The molecule has 0 bridgehead atoms. The van der Waals surface area contributed by atoms with Crippen molar-refractivity contribution >= 4 is 29.1 Å². The number of hydrogen-bond acceptors (Lipinski definition) is 5. The Morgan fingerprint density at radius 1 is 1.63 bits per heavy atom. The normalized spacial score (nSPS) is 12.2. The van der Waals surface area contributed by atoms with Gasteiger partial charge in [-0.2, -0.15) is 0 Å². The van der Waals surface area contributed by atoms with Gasteiger partial charge in [0.1, 0.15) is 6.04 Å². The molecule has 1 atom stereocenters. The van der Waals surface area contributed by atoms with Crippen LogP contribution >= 0.6 is 11.6 Å². The van der Waals surface area contributed by atoms with Crippen molar-refractivity contribution in [1.29, 1.82) is 0 Å². The van der Waals surface area contributed by atoms with Crippen molar-refractivity contribution in [1.82, 2.24) is 4.98 Å². The summed E-state index contributed by atoms with van der Waals surface area (Å²) in [4.78, 5) is 25.1. The van der Waals surface area contributed by atoms with Crippen molar-refractivity contribution in [3.05, 3.63) is 27.4 Å². The molecule has 0 aliphatic rings. The van der Waals surface area contributed by atoms with Gasteiger partial charge in [0.15, 0.2) is 0 Å². The second-order valence-electron chi connectivity index (χ2n) is 4.44. The summed E-state index contributed by atoms with van der Waals surface area (Å²) in [5.41, 5.74) is -0.345. The van der Waals surface area contributed by atoms with Crippen LogP contribution in [0.4, 0.5) is 11.5 Å². The summed E-state index contributed by atoms with van der Waals surface area (Å²) in [6.07, 6.45) is 1.56. The molecule has 1 heterocycles. The SMILES string of the molecule is CC(C)C[C@@H](Nc1ncc(Cl)cc1[N+](=O)[O-])C(=O)O. The molecule has 19 heavy (non-hydrogen) atoms. The molecule has 0 spiro atoms. The Morgan fingerprint density at radius 3 is 2.74 bits per heavy atom. The van der Waals surface area contributed by atoms with Gasteiger partial charge in [-0.25, -0.2) is 9.78 Å². The minimum atomic E-state index is -1.08. The first-order valence-corrected chi connectivity index (χ1v) is 5.98. The Balaban J connectivity index is 3.02. The molecule has 0 fully saturated rings. The molecule has 0 amide bonds. The first-order chi connectivity index (χ1) is 8.81. The number of aromatic nitrogens is 1. The van der Waals surface area contributed by atoms with Crippen LogP contribution in [0, 0.1) is 16.0 Å². The van der Waals surface area contributed by atoms with Crippen molar-refractivity contribution in [2.24, 2.45) is 5.92 Å². The van der Waals surface area contributed by atoms with Crippen LogP contribution in [0.5, 0.6) is 0 Å². The van der Waals surface area contributed by atoms with Crippen molar-refractivity contribution in [2.45, 2.75) is 26.3 Å². The Hall–Kier alpha value is -1.89. The lowest BCUT2D eigenvalue weighted by Gasteiger charge is -2.16. The molecule has 2 N–H and O–H groups in total. The summed E-state index contributed by atoms with van der Waals surface area (Å²) in [7, 11) is 0. The van der Waals surface area contributed by atoms with Gasteiger partial charge < -0.3 is 10.4 Å². The molecule has 0 saturated heterocycles. The van der Waals surface area contributed by atoms with Crippen LogP contribution in [-0.2, 0) is 4.79 Å². The largest absolute Gasteiger partial charge is 0.480 e. The summed E-state index contributed by atoms with van der Waals surface area (Å²) in [6, 6.07) is 0.193. The number of nitrogens with zero attached hydrogens (tertiary/aromatic N) is 2. The van der Waals surface area contributed by atoms with Gasteiger partial charge in [0.2, 0.25) is 5.82 Å². The van der Waals surface area contributed by atoms with Crippen LogP contribution in [0.2, 0.25) is 5.02 Å². The maximum atomic E-state index is 11.1. The zero-order valence-electron chi connectivity index (χ0n) is 10.5. The lowest BCUT2D eigenvalue weighted by molar-refractivity contribution is -0.384. The summed E-state index contributed by atoms with van der Waals surface area (Å²) in [6.45, 7) is 3.72. The van der Waals surface area contributed by atoms with Gasteiger partial charge in [0.05, 0.1) is 9.95 Å². The van der Waals surface area contributed by atoms with Crippen LogP contribution in [0.3, 0.4) is 0 Å².